The molecular weight excluding hydrogens is 1650 g/mol. The first-order chi connectivity index (χ1) is 58.2. The Balaban J connectivity index is 1.12. The van der Waals surface area contributed by atoms with Gasteiger partial charge in [0.15, 0.2) is 11.6 Å². The number of allylic oxidation sites excluding steroid dienone is 10. The maximum absolute atomic E-state index is 14.6. The number of nitriles is 2. The van der Waals surface area contributed by atoms with Gasteiger partial charge in [-0.05, 0) is 122 Å². The number of aryl methyl sites for hydroxylation is 2. The second-order valence-corrected chi connectivity index (χ2v) is 39.7. The van der Waals surface area contributed by atoms with Crippen LogP contribution < -0.4 is 0 Å². The third kappa shape index (κ3) is 21.1. The van der Waals surface area contributed by atoms with Crippen molar-refractivity contribution in [3.05, 3.63) is 157 Å². The van der Waals surface area contributed by atoms with E-state index in [2.05, 4.69) is 84.7 Å². The summed E-state index contributed by atoms with van der Waals surface area (Å²) in [5.41, 5.74) is 12.1. The van der Waals surface area contributed by atoms with Crippen LogP contribution in [-0.4, -0.2) is 29.4 Å². The Morgan fingerprint density at radius 2 is 0.714 bits per heavy atom. The lowest BCUT2D eigenvalue weighted by Crippen LogP contribution is -2.14. The van der Waals surface area contributed by atoms with Gasteiger partial charge in [-0.3, -0.25) is 9.59 Å². The van der Waals surface area contributed by atoms with Crippen molar-refractivity contribution in [3.63, 3.8) is 0 Å². The molecule has 0 amide bonds. The Labute approximate surface area is 747 Å². The lowest BCUT2D eigenvalue weighted by Gasteiger charge is -2.22. The molecule has 10 nitrogen and oxygen atoms in total. The van der Waals surface area contributed by atoms with Gasteiger partial charge in [-0.15, -0.1) is 45.3 Å². The van der Waals surface area contributed by atoms with Gasteiger partial charge in [-0.2, -0.15) is 8.75 Å². The van der Waals surface area contributed by atoms with Gasteiger partial charge >= 0.3 is 0 Å². The lowest BCUT2D eigenvalue weighted by molar-refractivity contribution is 0.103. The first kappa shape index (κ1) is 91.5. The van der Waals surface area contributed by atoms with Gasteiger partial charge in [0.05, 0.1) is 107 Å². The largest absolute Gasteiger partial charge is 0.337 e. The number of ketones is 2. The second-order valence-electron chi connectivity index (χ2n) is 33.4. The highest BCUT2D eigenvalue weighted by atomic mass is 35.5. The standard InChI is InChI=1S/C100H118Cl4N8O2S5/c1-9-15-21-27-30-32-34-37-43-51-67-81(55-45-53-69-83(79(61-105)107-7)71-57-75(101)77(103)59-73(71)93(69)113)115-99-91-97(117-95(67)99)85-87-88(110-119-109-87)86-90(89(85)111(91)63-65(47-39-24-18-12-4)48-40-25-19-13-5)112(64-66(49-41-26-20-14-6)50-42-36-29-23-17-11-3)92-98(86)118-96-68(52-44-38-35-33-31-28-22-16-10-2)82(116-100(92)96)56-46-54-70-84(80(62-106)108-8)72-58-76(102)78(104)60-74(72)94(70)114/h45-46,53-60,65-66H,9-44,47-52,63-64H2,1-6H3/b55-45+,56-46+,69-53-,70-54-,83-79+,84-80-. The summed E-state index contributed by atoms with van der Waals surface area (Å²) in [6.07, 6.45) is 62.2. The Morgan fingerprint density at radius 1 is 0.412 bits per heavy atom. The maximum Gasteiger partial charge on any atom is 0.270 e. The quantitative estimate of drug-likeness (QED) is 0.0162. The Bertz CT molecular complexity index is 5590. The van der Waals surface area contributed by atoms with Gasteiger partial charge in [0.25, 0.3) is 11.4 Å². The summed E-state index contributed by atoms with van der Waals surface area (Å²) in [4.78, 5) is 38.8. The third-order valence-corrected chi connectivity index (χ3v) is 32.0. The van der Waals surface area contributed by atoms with E-state index in [1.54, 1.807) is 36.4 Å². The van der Waals surface area contributed by atoms with Crippen molar-refractivity contribution >= 4 is 210 Å². The van der Waals surface area contributed by atoms with Crippen LogP contribution in [0, 0.1) is 47.6 Å². The number of rotatable bonds is 50. The highest BCUT2D eigenvalue weighted by Crippen LogP contribution is 2.56. The Morgan fingerprint density at radius 3 is 1.03 bits per heavy atom. The van der Waals surface area contributed by atoms with E-state index < -0.39 is 0 Å². The van der Waals surface area contributed by atoms with E-state index in [4.69, 9.17) is 68.3 Å². The fourth-order valence-electron chi connectivity index (χ4n) is 18.5. The number of benzene rings is 3. The maximum atomic E-state index is 14.6. The number of fused-ring (bicyclic) bond motifs is 16. The molecule has 0 bridgehead atoms. The van der Waals surface area contributed by atoms with Gasteiger partial charge in [-0.1, -0.05) is 331 Å². The van der Waals surface area contributed by atoms with E-state index in [0.717, 1.165) is 98.1 Å². The molecule has 119 heavy (non-hydrogen) atoms. The number of unbranched alkanes of at least 4 members (excludes halogenated alkanes) is 30. The molecule has 0 N–H and O–H groups in total. The highest BCUT2D eigenvalue weighted by Gasteiger charge is 2.37. The number of aromatic nitrogens is 4. The molecule has 628 valence electrons. The summed E-state index contributed by atoms with van der Waals surface area (Å²) in [5.74, 6) is 0.248. The monoisotopic (exact) mass is 1760 g/mol. The fraction of sp³-hybridized carbons (Fsp3) is 0.520. The van der Waals surface area contributed by atoms with Crippen LogP contribution in [0.3, 0.4) is 0 Å². The summed E-state index contributed by atoms with van der Waals surface area (Å²) >= 11 is 35.4. The van der Waals surface area contributed by atoms with Crippen LogP contribution in [0.4, 0.5) is 0 Å². The summed E-state index contributed by atoms with van der Waals surface area (Å²) in [7, 11) is 0. The average molecular weight is 1770 g/mol. The van der Waals surface area contributed by atoms with E-state index in [9.17, 15) is 20.1 Å². The zero-order chi connectivity index (χ0) is 83.9. The van der Waals surface area contributed by atoms with Crippen LogP contribution in [0.2, 0.25) is 20.1 Å². The number of carbonyl (C=O) groups excluding carboxylic acids is 2. The summed E-state index contributed by atoms with van der Waals surface area (Å²) in [6.45, 7) is 31.8. The van der Waals surface area contributed by atoms with Gasteiger partial charge in [-0.25, -0.2) is 20.2 Å². The van der Waals surface area contributed by atoms with Crippen molar-refractivity contribution in [2.24, 2.45) is 11.8 Å². The first-order valence-corrected chi connectivity index (χ1v) is 50.7. The fourth-order valence-corrected chi connectivity index (χ4v) is 25.6. The van der Waals surface area contributed by atoms with Gasteiger partial charge in [0.2, 0.25) is 0 Å². The molecule has 0 spiro atoms. The normalized spacial score (nSPS) is 15.0. The smallest absolute Gasteiger partial charge is 0.270 e. The molecule has 0 saturated heterocycles. The van der Waals surface area contributed by atoms with Crippen molar-refractivity contribution in [1.29, 1.82) is 10.5 Å². The Hall–Kier alpha value is -6.70. The topological polar surface area (TPSA) is 126 Å². The zero-order valence-corrected chi connectivity index (χ0v) is 78.1. The molecule has 2 aliphatic carbocycles. The molecule has 7 aromatic heterocycles. The SMILES string of the molecule is [C-]#[N+]\C(C#N)=C1/C(=C/C=C/c2sc3c(sc4c5c6nsnc6c6c7sc8c(CCCCCCCCCCC)c(/C=C/C=C9\C(=O)c%10cc(Cl)c(Cl)cc%10\C9=C(\C#N)[N+]#[C-])sc8c7n(CC(CCCCCC)CCCCCCCC)c6c5n(CC(CCCCCC)CCCCCC)c34)c2CCCCCCCCCCC)C(=O)c2cc(Cl)c(Cl)cc21. The van der Waals surface area contributed by atoms with E-state index >= 15 is 0 Å². The molecule has 7 heterocycles. The third-order valence-electron chi connectivity index (χ3n) is 24.9. The molecule has 1 atom stereocenters. The summed E-state index contributed by atoms with van der Waals surface area (Å²) in [5, 5.41) is 24.3. The van der Waals surface area contributed by atoms with Crippen molar-refractivity contribution < 1.29 is 9.59 Å². The van der Waals surface area contributed by atoms with Crippen LogP contribution >= 0.6 is 103 Å². The number of Topliss-reactive ketones (excluding diaryl/α,β-unsaturated/α-hetero) is 2. The molecule has 0 saturated carbocycles. The van der Waals surface area contributed by atoms with Crippen molar-refractivity contribution in [1.82, 2.24) is 17.9 Å². The van der Waals surface area contributed by atoms with Gasteiger partial charge in [0, 0.05) is 67.0 Å². The predicted molar refractivity (Wildman–Crippen MR) is 517 cm³/mol. The predicted octanol–water partition coefficient (Wildman–Crippen LogP) is 35.1. The molecule has 1 unspecified atom stereocenters. The minimum Gasteiger partial charge on any atom is -0.337 e. The molecule has 0 fully saturated rings. The summed E-state index contributed by atoms with van der Waals surface area (Å²) < 4.78 is 24.5. The van der Waals surface area contributed by atoms with Crippen molar-refractivity contribution in [2.45, 2.75) is 324 Å². The molecule has 19 heteroatoms. The lowest BCUT2D eigenvalue weighted by atomic mass is 9.93. The number of thiophene rings is 4. The molecule has 10 aromatic rings. The van der Waals surface area contributed by atoms with Crippen molar-refractivity contribution in [2.75, 3.05) is 0 Å². The van der Waals surface area contributed by atoms with Crippen LogP contribution in [0.1, 0.15) is 351 Å². The van der Waals surface area contributed by atoms with E-state index in [1.165, 1.54) is 289 Å². The highest BCUT2D eigenvalue weighted by molar-refractivity contribution is 7.34. The molecule has 12 rings (SSSR count). The molecule has 0 radical (unpaired) electrons. The second kappa shape index (κ2) is 45.6. The number of halogens is 4. The molecule has 0 aliphatic heterocycles. The van der Waals surface area contributed by atoms with Gasteiger partial charge in [0.1, 0.15) is 11.0 Å². The van der Waals surface area contributed by atoms with Crippen LogP contribution in [0.5, 0.6) is 0 Å². The number of hydrogen-bond acceptors (Lipinski definition) is 11. The van der Waals surface area contributed by atoms with E-state index in [0.29, 0.717) is 34.1 Å². The van der Waals surface area contributed by atoms with Crippen LogP contribution in [0.15, 0.2) is 71.1 Å². The van der Waals surface area contributed by atoms with Crippen LogP contribution in [0.25, 0.3) is 105 Å². The number of hydrogen-bond donors (Lipinski definition) is 0. The minimum atomic E-state index is -0.295. The zero-order valence-electron chi connectivity index (χ0n) is 71.0. The first-order valence-electron chi connectivity index (χ1n) is 45.2. The van der Waals surface area contributed by atoms with Crippen molar-refractivity contribution in [3.8, 4) is 12.1 Å². The van der Waals surface area contributed by atoms with E-state index in [-0.39, 0.29) is 65.3 Å². The molecule has 3 aromatic carbocycles. The molecule has 2 aliphatic rings. The van der Waals surface area contributed by atoms with E-state index in [1.807, 2.05) is 57.5 Å². The summed E-state index contributed by atoms with van der Waals surface area (Å²) in [6, 6.07) is 10.5. The Kier molecular flexibility index (Phi) is 35.1. The number of carbonyl (C=O) groups is 2. The van der Waals surface area contributed by atoms with Gasteiger partial charge < -0.3 is 9.13 Å². The minimum absolute atomic E-state index is 0.167. The number of nitrogens with zero attached hydrogens (tertiary/aromatic N) is 8. The molecular formula is C100H118Cl4N8O2S5. The average Bonchev–Trinajstić information content (AvgIpc) is 1.50. The van der Waals surface area contributed by atoms with Crippen LogP contribution in [-0.2, 0) is 25.9 Å².